The van der Waals surface area contributed by atoms with Crippen LogP contribution in [0.4, 0.5) is 0 Å². The van der Waals surface area contributed by atoms with Crippen LogP contribution < -0.4 is 0 Å². The van der Waals surface area contributed by atoms with E-state index in [-0.39, 0.29) is 0 Å². The van der Waals surface area contributed by atoms with E-state index in [0.717, 1.165) is 0 Å². The van der Waals surface area contributed by atoms with Crippen LogP contribution in [0.15, 0.2) is 4.99 Å². The first kappa shape index (κ1) is 6.16. The van der Waals surface area contributed by atoms with Gasteiger partial charge < -0.3 is 0 Å². The van der Waals surface area contributed by atoms with Crippen LogP contribution in [0.25, 0.3) is 0 Å². The summed E-state index contributed by atoms with van der Waals surface area (Å²) in [5.41, 5.74) is 0. The lowest BCUT2D eigenvalue weighted by atomic mass is 10.3. The standard InChI is InChI=1S/C5H8N2/c1-5(2)3-7-4-6/h3,5H,1-2H3. The van der Waals surface area contributed by atoms with Gasteiger partial charge in [-0.15, -0.1) is 0 Å². The number of hydrogen-bond acceptors (Lipinski definition) is 2. The van der Waals surface area contributed by atoms with E-state index in [0.29, 0.717) is 5.92 Å². The molecule has 0 saturated heterocycles. The van der Waals surface area contributed by atoms with Gasteiger partial charge in [0.05, 0.1) is 0 Å². The second-order valence-corrected chi connectivity index (χ2v) is 1.62. The Morgan fingerprint density at radius 2 is 2.29 bits per heavy atom. The Bertz CT molecular complexity index is 97.1. The number of nitriles is 1. The van der Waals surface area contributed by atoms with Crippen LogP contribution in [0.2, 0.25) is 0 Å². The molecule has 0 aromatic rings. The Balaban J connectivity index is 3.31. The topological polar surface area (TPSA) is 36.1 Å². The quantitative estimate of drug-likeness (QED) is 0.357. The van der Waals surface area contributed by atoms with Gasteiger partial charge in [-0.1, -0.05) is 13.8 Å². The third-order valence-electron chi connectivity index (χ3n) is 0.430. The van der Waals surface area contributed by atoms with Crippen LogP contribution in [0, 0.1) is 17.4 Å². The molecular weight excluding hydrogens is 88.1 g/mol. The van der Waals surface area contributed by atoms with Crippen LogP contribution in [0.3, 0.4) is 0 Å². The van der Waals surface area contributed by atoms with Crippen LogP contribution in [0.1, 0.15) is 13.8 Å². The Morgan fingerprint density at radius 3 is 2.43 bits per heavy atom. The van der Waals surface area contributed by atoms with E-state index >= 15 is 0 Å². The second kappa shape index (κ2) is 3.35. The summed E-state index contributed by atoms with van der Waals surface area (Å²) in [5.74, 6) is 0.389. The van der Waals surface area contributed by atoms with Crippen molar-refractivity contribution in [2.45, 2.75) is 13.8 Å². The molecule has 0 bridgehead atoms. The van der Waals surface area contributed by atoms with Gasteiger partial charge in [0, 0.05) is 6.21 Å². The van der Waals surface area contributed by atoms with Gasteiger partial charge in [-0.2, -0.15) is 10.3 Å². The van der Waals surface area contributed by atoms with Gasteiger partial charge in [0.1, 0.15) is 0 Å². The summed E-state index contributed by atoms with van der Waals surface area (Å²) in [5, 5.41) is 7.87. The molecule has 0 N–H and O–H groups in total. The highest BCUT2D eigenvalue weighted by atomic mass is 14.7. The maximum absolute atomic E-state index is 7.87. The van der Waals surface area contributed by atoms with E-state index in [2.05, 4.69) is 4.99 Å². The molecule has 2 heteroatoms. The number of nitrogens with zero attached hydrogens (tertiary/aromatic N) is 2. The molecule has 38 valence electrons. The summed E-state index contributed by atoms with van der Waals surface area (Å²) in [7, 11) is 0. The summed E-state index contributed by atoms with van der Waals surface area (Å²) >= 11 is 0. The molecule has 7 heavy (non-hydrogen) atoms. The van der Waals surface area contributed by atoms with Gasteiger partial charge in [0.15, 0.2) is 0 Å². The fourth-order valence-electron chi connectivity index (χ4n) is 0.182. The van der Waals surface area contributed by atoms with E-state index in [9.17, 15) is 0 Å². The largest absolute Gasteiger partial charge is 0.205 e. The zero-order valence-corrected chi connectivity index (χ0v) is 4.55. The second-order valence-electron chi connectivity index (χ2n) is 1.62. The van der Waals surface area contributed by atoms with Crippen molar-refractivity contribution in [1.82, 2.24) is 0 Å². The van der Waals surface area contributed by atoms with E-state index < -0.39 is 0 Å². The van der Waals surface area contributed by atoms with Crippen molar-refractivity contribution in [3.63, 3.8) is 0 Å². The highest BCUT2D eigenvalue weighted by molar-refractivity contribution is 5.60. The third kappa shape index (κ3) is 5.16. The fraction of sp³-hybridized carbons (Fsp3) is 0.600. The molecule has 0 aliphatic carbocycles. The van der Waals surface area contributed by atoms with Crippen molar-refractivity contribution in [3.05, 3.63) is 0 Å². The fourth-order valence-corrected chi connectivity index (χ4v) is 0.182. The molecule has 0 saturated carbocycles. The number of rotatable bonds is 1. The Hall–Kier alpha value is -0.840. The van der Waals surface area contributed by atoms with Crippen molar-refractivity contribution >= 4 is 6.21 Å². The SMILES string of the molecule is CC(C)C=NC#N. The molecule has 0 spiro atoms. The Morgan fingerprint density at radius 1 is 1.71 bits per heavy atom. The van der Waals surface area contributed by atoms with Gasteiger partial charge >= 0.3 is 0 Å². The lowest BCUT2D eigenvalue weighted by Crippen LogP contribution is -1.84. The first-order valence-electron chi connectivity index (χ1n) is 2.19. The van der Waals surface area contributed by atoms with Crippen molar-refractivity contribution in [2.75, 3.05) is 0 Å². The van der Waals surface area contributed by atoms with Gasteiger partial charge in [-0.3, -0.25) is 0 Å². The molecule has 0 amide bonds. The highest BCUT2D eigenvalue weighted by Crippen LogP contribution is 1.82. The zero-order chi connectivity index (χ0) is 5.70. The summed E-state index contributed by atoms with van der Waals surface area (Å²) in [6.45, 7) is 3.95. The van der Waals surface area contributed by atoms with E-state index in [4.69, 9.17) is 5.26 Å². The lowest BCUT2D eigenvalue weighted by Gasteiger charge is -1.84. The average molecular weight is 96.1 g/mol. The molecule has 0 atom stereocenters. The van der Waals surface area contributed by atoms with E-state index in [1.165, 1.54) is 0 Å². The van der Waals surface area contributed by atoms with Gasteiger partial charge in [0.25, 0.3) is 0 Å². The minimum Gasteiger partial charge on any atom is -0.186 e. The maximum atomic E-state index is 7.87. The summed E-state index contributed by atoms with van der Waals surface area (Å²) in [4.78, 5) is 3.35. The van der Waals surface area contributed by atoms with E-state index in [1.807, 2.05) is 13.8 Å². The number of hydrogen-bond donors (Lipinski definition) is 0. The summed E-state index contributed by atoms with van der Waals surface area (Å²) in [6, 6.07) is 0. The zero-order valence-electron chi connectivity index (χ0n) is 4.55. The van der Waals surface area contributed by atoms with Crippen LogP contribution in [-0.4, -0.2) is 6.21 Å². The minimum atomic E-state index is 0.389. The molecule has 0 heterocycles. The molecule has 0 aromatic carbocycles. The smallest absolute Gasteiger partial charge is 0.186 e. The Labute approximate surface area is 43.5 Å². The maximum Gasteiger partial charge on any atom is 0.205 e. The molecule has 0 fully saturated rings. The van der Waals surface area contributed by atoms with Crippen LogP contribution >= 0.6 is 0 Å². The van der Waals surface area contributed by atoms with Crippen molar-refractivity contribution in [1.29, 1.82) is 5.26 Å². The Kier molecular flexibility index (Phi) is 2.95. The highest BCUT2D eigenvalue weighted by Gasteiger charge is 1.80. The molecule has 0 radical (unpaired) electrons. The van der Waals surface area contributed by atoms with Gasteiger partial charge in [-0.05, 0) is 5.92 Å². The minimum absolute atomic E-state index is 0.389. The first-order valence-corrected chi connectivity index (χ1v) is 2.19. The first-order chi connectivity index (χ1) is 3.27. The molecule has 0 unspecified atom stereocenters. The summed E-state index contributed by atoms with van der Waals surface area (Å²) < 4.78 is 0. The van der Waals surface area contributed by atoms with Gasteiger partial charge in [0.2, 0.25) is 6.19 Å². The molecule has 0 aliphatic rings. The molecule has 0 aromatic heterocycles. The predicted molar refractivity (Wildman–Crippen MR) is 28.9 cm³/mol. The third-order valence-corrected chi connectivity index (χ3v) is 0.430. The van der Waals surface area contributed by atoms with E-state index in [1.54, 1.807) is 12.4 Å². The van der Waals surface area contributed by atoms with Crippen molar-refractivity contribution in [3.8, 4) is 6.19 Å². The average Bonchev–Trinajstić information content (AvgIpc) is 1.61. The van der Waals surface area contributed by atoms with Crippen LogP contribution in [0.5, 0.6) is 0 Å². The predicted octanol–water partition coefficient (Wildman–Crippen LogP) is 1.19. The normalized spacial score (nSPS) is 10.0. The molecular formula is C5H8N2. The molecule has 0 rings (SSSR count). The van der Waals surface area contributed by atoms with Crippen LogP contribution in [-0.2, 0) is 0 Å². The lowest BCUT2D eigenvalue weighted by molar-refractivity contribution is 0.908. The van der Waals surface area contributed by atoms with Crippen molar-refractivity contribution < 1.29 is 0 Å². The van der Waals surface area contributed by atoms with Crippen molar-refractivity contribution in [2.24, 2.45) is 10.9 Å². The van der Waals surface area contributed by atoms with Gasteiger partial charge in [-0.25, -0.2) is 0 Å². The molecule has 2 nitrogen and oxygen atoms in total. The monoisotopic (exact) mass is 96.1 g/mol. The summed E-state index contributed by atoms with van der Waals surface area (Å²) in [6.07, 6.45) is 3.28. The number of aliphatic imine (C=N–C) groups is 1. The molecule has 0 aliphatic heterocycles.